The van der Waals surface area contributed by atoms with Gasteiger partial charge in [0.15, 0.2) is 0 Å². The van der Waals surface area contributed by atoms with Crippen molar-refractivity contribution in [3.05, 3.63) is 29.8 Å². The molecule has 16 heavy (non-hydrogen) atoms. The van der Waals surface area contributed by atoms with E-state index < -0.39 is 6.61 Å². The number of alkyl halides is 2. The topological polar surface area (TPSA) is 35.2 Å². The van der Waals surface area contributed by atoms with E-state index in [4.69, 9.17) is 5.73 Å². The second-order valence-electron chi connectivity index (χ2n) is 4.16. The standard InChI is InChI=1S/C12H15F2NO/c13-12(14)16-10-6-4-9(5-7-10)11(15)8-2-1-3-8/h4-8,11-12H,1-3,15H2/t11-/m0/s1. The Labute approximate surface area is 93.4 Å². The van der Waals surface area contributed by atoms with Crippen molar-refractivity contribution in [2.24, 2.45) is 11.7 Å². The van der Waals surface area contributed by atoms with Crippen LogP contribution in [0.25, 0.3) is 0 Å². The second-order valence-corrected chi connectivity index (χ2v) is 4.16. The molecule has 1 atom stereocenters. The molecule has 0 aliphatic heterocycles. The third-order valence-corrected chi connectivity index (χ3v) is 3.15. The molecule has 2 nitrogen and oxygen atoms in total. The summed E-state index contributed by atoms with van der Waals surface area (Å²) in [5, 5.41) is 0. The van der Waals surface area contributed by atoms with Gasteiger partial charge in [0.1, 0.15) is 5.75 Å². The summed E-state index contributed by atoms with van der Waals surface area (Å²) in [6.45, 7) is -2.77. The number of nitrogens with two attached hydrogens (primary N) is 1. The first kappa shape index (κ1) is 11.3. The molecule has 0 heterocycles. The van der Waals surface area contributed by atoms with Crippen molar-refractivity contribution in [2.45, 2.75) is 31.9 Å². The number of ether oxygens (including phenoxy) is 1. The van der Waals surface area contributed by atoms with E-state index in [1.165, 1.54) is 6.42 Å². The Morgan fingerprint density at radius 2 is 1.81 bits per heavy atom. The summed E-state index contributed by atoms with van der Waals surface area (Å²) < 4.78 is 28.1. The van der Waals surface area contributed by atoms with Gasteiger partial charge in [0, 0.05) is 6.04 Å². The highest BCUT2D eigenvalue weighted by Crippen LogP contribution is 2.36. The van der Waals surface area contributed by atoms with Crippen LogP contribution in [0.15, 0.2) is 24.3 Å². The molecule has 0 amide bonds. The Balaban J connectivity index is 2.00. The zero-order chi connectivity index (χ0) is 11.5. The summed E-state index contributed by atoms with van der Waals surface area (Å²) in [5.41, 5.74) is 7.05. The second kappa shape index (κ2) is 4.78. The van der Waals surface area contributed by atoms with Gasteiger partial charge in [0.05, 0.1) is 0 Å². The van der Waals surface area contributed by atoms with Gasteiger partial charge in [-0.15, -0.1) is 0 Å². The molecule has 0 saturated heterocycles. The van der Waals surface area contributed by atoms with Gasteiger partial charge in [-0.1, -0.05) is 18.6 Å². The van der Waals surface area contributed by atoms with Gasteiger partial charge >= 0.3 is 6.61 Å². The molecule has 0 unspecified atom stereocenters. The third kappa shape index (κ3) is 2.50. The van der Waals surface area contributed by atoms with Crippen LogP contribution >= 0.6 is 0 Å². The highest BCUT2D eigenvalue weighted by Gasteiger charge is 2.25. The molecule has 88 valence electrons. The molecule has 2 rings (SSSR count). The lowest BCUT2D eigenvalue weighted by molar-refractivity contribution is -0.0498. The van der Waals surface area contributed by atoms with Crippen LogP contribution in [-0.4, -0.2) is 6.61 Å². The highest BCUT2D eigenvalue weighted by molar-refractivity contribution is 5.29. The summed E-state index contributed by atoms with van der Waals surface area (Å²) in [5.74, 6) is 0.724. The lowest BCUT2D eigenvalue weighted by atomic mass is 9.78. The predicted octanol–water partition coefficient (Wildman–Crippen LogP) is 3.09. The van der Waals surface area contributed by atoms with E-state index in [0.29, 0.717) is 5.92 Å². The summed E-state index contributed by atoms with van der Waals surface area (Å²) in [7, 11) is 0. The molecular weight excluding hydrogens is 212 g/mol. The Bertz CT molecular complexity index is 335. The van der Waals surface area contributed by atoms with Crippen LogP contribution in [0.2, 0.25) is 0 Å². The molecule has 0 bridgehead atoms. The summed E-state index contributed by atoms with van der Waals surface area (Å²) in [6, 6.07) is 6.64. The first-order valence-electron chi connectivity index (χ1n) is 5.47. The molecule has 1 aromatic carbocycles. The van der Waals surface area contributed by atoms with Crippen molar-refractivity contribution in [2.75, 3.05) is 0 Å². The first-order chi connectivity index (χ1) is 7.66. The zero-order valence-electron chi connectivity index (χ0n) is 8.90. The minimum atomic E-state index is -2.77. The van der Waals surface area contributed by atoms with Crippen LogP contribution in [0, 0.1) is 5.92 Å². The van der Waals surface area contributed by atoms with Crippen LogP contribution in [0.1, 0.15) is 30.9 Å². The molecule has 1 aromatic rings. The van der Waals surface area contributed by atoms with Gasteiger partial charge in [0.25, 0.3) is 0 Å². The lowest BCUT2D eigenvalue weighted by Gasteiger charge is -2.31. The zero-order valence-corrected chi connectivity index (χ0v) is 8.90. The molecule has 0 aromatic heterocycles. The van der Waals surface area contributed by atoms with Crippen LogP contribution in [0.4, 0.5) is 8.78 Å². The minimum absolute atomic E-state index is 0.0225. The van der Waals surface area contributed by atoms with Crippen molar-refractivity contribution in [1.82, 2.24) is 0 Å². The SMILES string of the molecule is N[C@H](c1ccc(OC(F)F)cc1)C1CCC1. The summed E-state index contributed by atoms with van der Waals surface area (Å²) in [4.78, 5) is 0. The maximum absolute atomic E-state index is 11.9. The van der Waals surface area contributed by atoms with Crippen molar-refractivity contribution in [3.63, 3.8) is 0 Å². The Hall–Kier alpha value is -1.16. The summed E-state index contributed by atoms with van der Waals surface area (Å²) in [6.07, 6.45) is 3.57. The fourth-order valence-electron chi connectivity index (χ4n) is 1.94. The van der Waals surface area contributed by atoms with Crippen molar-refractivity contribution >= 4 is 0 Å². The van der Waals surface area contributed by atoms with E-state index in [-0.39, 0.29) is 11.8 Å². The van der Waals surface area contributed by atoms with Gasteiger partial charge in [-0.3, -0.25) is 0 Å². The van der Waals surface area contributed by atoms with Gasteiger partial charge in [-0.05, 0) is 36.5 Å². The van der Waals surface area contributed by atoms with Gasteiger partial charge in [0.2, 0.25) is 0 Å². The van der Waals surface area contributed by atoms with Crippen LogP contribution in [0.5, 0.6) is 5.75 Å². The Morgan fingerprint density at radius 3 is 2.25 bits per heavy atom. The molecular formula is C12H15F2NO. The average Bonchev–Trinajstić information content (AvgIpc) is 2.15. The molecule has 0 radical (unpaired) electrons. The van der Waals surface area contributed by atoms with Crippen molar-refractivity contribution in [1.29, 1.82) is 0 Å². The fraction of sp³-hybridized carbons (Fsp3) is 0.500. The average molecular weight is 227 g/mol. The van der Waals surface area contributed by atoms with E-state index in [2.05, 4.69) is 4.74 Å². The fourth-order valence-corrected chi connectivity index (χ4v) is 1.94. The Morgan fingerprint density at radius 1 is 1.19 bits per heavy atom. The van der Waals surface area contributed by atoms with Gasteiger partial charge < -0.3 is 10.5 Å². The minimum Gasteiger partial charge on any atom is -0.435 e. The largest absolute Gasteiger partial charge is 0.435 e. The smallest absolute Gasteiger partial charge is 0.387 e. The normalized spacial score (nSPS) is 18.2. The number of benzene rings is 1. The number of halogens is 2. The number of rotatable bonds is 4. The van der Waals surface area contributed by atoms with Gasteiger partial charge in [-0.25, -0.2) is 0 Å². The number of hydrogen-bond donors (Lipinski definition) is 1. The van der Waals surface area contributed by atoms with E-state index >= 15 is 0 Å². The monoisotopic (exact) mass is 227 g/mol. The molecule has 1 fully saturated rings. The molecule has 0 spiro atoms. The van der Waals surface area contributed by atoms with E-state index in [0.717, 1.165) is 18.4 Å². The number of hydrogen-bond acceptors (Lipinski definition) is 2. The molecule has 2 N–H and O–H groups in total. The maximum atomic E-state index is 11.9. The van der Waals surface area contributed by atoms with E-state index in [9.17, 15) is 8.78 Å². The third-order valence-electron chi connectivity index (χ3n) is 3.15. The highest BCUT2D eigenvalue weighted by atomic mass is 19.3. The lowest BCUT2D eigenvalue weighted by Crippen LogP contribution is -2.26. The molecule has 4 heteroatoms. The molecule has 1 aliphatic rings. The van der Waals surface area contributed by atoms with Crippen LogP contribution < -0.4 is 10.5 Å². The Kier molecular flexibility index (Phi) is 3.39. The predicted molar refractivity (Wildman–Crippen MR) is 57.3 cm³/mol. The van der Waals surface area contributed by atoms with Crippen LogP contribution in [-0.2, 0) is 0 Å². The van der Waals surface area contributed by atoms with Crippen LogP contribution in [0.3, 0.4) is 0 Å². The van der Waals surface area contributed by atoms with Crippen molar-refractivity contribution in [3.8, 4) is 5.75 Å². The van der Waals surface area contributed by atoms with Gasteiger partial charge in [-0.2, -0.15) is 8.78 Å². The first-order valence-corrected chi connectivity index (χ1v) is 5.47. The quantitative estimate of drug-likeness (QED) is 0.857. The van der Waals surface area contributed by atoms with E-state index in [1.54, 1.807) is 24.3 Å². The van der Waals surface area contributed by atoms with E-state index in [1.807, 2.05) is 0 Å². The van der Waals surface area contributed by atoms with Crippen molar-refractivity contribution < 1.29 is 13.5 Å². The maximum Gasteiger partial charge on any atom is 0.387 e. The summed E-state index contributed by atoms with van der Waals surface area (Å²) >= 11 is 0. The molecule has 1 saturated carbocycles. The molecule has 1 aliphatic carbocycles.